The first-order chi connectivity index (χ1) is 9.24. The van der Waals surface area contributed by atoms with Gasteiger partial charge in [-0.15, -0.1) is 0 Å². The van der Waals surface area contributed by atoms with E-state index in [2.05, 4.69) is 17.3 Å². The lowest BCUT2D eigenvalue weighted by atomic mass is 10.1. The predicted octanol–water partition coefficient (Wildman–Crippen LogP) is 2.26. The van der Waals surface area contributed by atoms with Crippen LogP contribution >= 0.6 is 0 Å². The SMILES string of the molecule is O=C(O)/C=C/C1C=NN(C/C=C/c2ccccc2)C1. The molecule has 0 amide bonds. The van der Waals surface area contributed by atoms with E-state index in [4.69, 9.17) is 5.11 Å². The first-order valence-electron chi connectivity index (χ1n) is 6.16. The fourth-order valence-corrected chi connectivity index (χ4v) is 1.83. The number of hydrogen-bond donors (Lipinski definition) is 1. The van der Waals surface area contributed by atoms with Crippen LogP contribution in [0.1, 0.15) is 5.56 Å². The molecule has 4 heteroatoms. The van der Waals surface area contributed by atoms with E-state index in [1.165, 1.54) is 6.08 Å². The van der Waals surface area contributed by atoms with Gasteiger partial charge in [0.05, 0.1) is 6.54 Å². The highest BCUT2D eigenvalue weighted by atomic mass is 16.4. The van der Waals surface area contributed by atoms with Crippen molar-refractivity contribution in [2.45, 2.75) is 0 Å². The fraction of sp³-hybridized carbons (Fsp3) is 0.200. The van der Waals surface area contributed by atoms with Crippen LogP contribution in [-0.2, 0) is 4.79 Å². The molecule has 1 atom stereocenters. The van der Waals surface area contributed by atoms with Gasteiger partial charge in [0.2, 0.25) is 0 Å². The summed E-state index contributed by atoms with van der Waals surface area (Å²) in [7, 11) is 0. The molecule has 0 fully saturated rings. The lowest BCUT2D eigenvalue weighted by Crippen LogP contribution is -2.17. The average Bonchev–Trinajstić information content (AvgIpc) is 2.86. The molecule has 4 nitrogen and oxygen atoms in total. The van der Waals surface area contributed by atoms with Crippen LogP contribution in [0.25, 0.3) is 6.08 Å². The van der Waals surface area contributed by atoms with E-state index in [1.54, 1.807) is 12.3 Å². The molecular weight excluding hydrogens is 240 g/mol. The Kier molecular flexibility index (Phi) is 4.50. The Morgan fingerprint density at radius 2 is 2.21 bits per heavy atom. The summed E-state index contributed by atoms with van der Waals surface area (Å²) in [6.07, 6.45) is 8.70. The molecule has 1 aromatic carbocycles. The van der Waals surface area contributed by atoms with Crippen LogP contribution in [-0.4, -0.2) is 35.4 Å². The molecule has 1 heterocycles. The van der Waals surface area contributed by atoms with Crippen molar-refractivity contribution in [1.29, 1.82) is 0 Å². The summed E-state index contributed by atoms with van der Waals surface area (Å²) in [5.74, 6) is -0.836. The molecule has 98 valence electrons. The van der Waals surface area contributed by atoms with E-state index in [0.29, 0.717) is 0 Å². The molecule has 0 aromatic heterocycles. The zero-order chi connectivity index (χ0) is 13.5. The standard InChI is InChI=1S/C15H16N2O2/c18-15(19)9-8-14-11-16-17(12-14)10-4-7-13-5-2-1-3-6-13/h1-9,11,14H,10,12H2,(H,18,19)/b7-4+,9-8+. The maximum absolute atomic E-state index is 10.4. The average molecular weight is 256 g/mol. The van der Waals surface area contributed by atoms with E-state index < -0.39 is 5.97 Å². The highest BCUT2D eigenvalue weighted by Gasteiger charge is 2.13. The number of hydrogen-bond acceptors (Lipinski definition) is 3. The van der Waals surface area contributed by atoms with Gasteiger partial charge in [0, 0.05) is 24.8 Å². The lowest BCUT2D eigenvalue weighted by Gasteiger charge is -2.11. The summed E-state index contributed by atoms with van der Waals surface area (Å²) in [4.78, 5) is 10.4. The Bertz CT molecular complexity index is 506. The molecule has 0 bridgehead atoms. The third kappa shape index (κ3) is 4.43. The minimum absolute atomic E-state index is 0.0845. The molecule has 0 spiro atoms. The van der Waals surface area contributed by atoms with Crippen LogP contribution < -0.4 is 0 Å². The topological polar surface area (TPSA) is 52.9 Å². The highest BCUT2D eigenvalue weighted by molar-refractivity contribution is 5.81. The molecule has 0 saturated carbocycles. The third-order valence-electron chi connectivity index (χ3n) is 2.76. The monoisotopic (exact) mass is 256 g/mol. The molecule has 19 heavy (non-hydrogen) atoms. The van der Waals surface area contributed by atoms with Crippen LogP contribution in [0.5, 0.6) is 0 Å². The van der Waals surface area contributed by atoms with E-state index in [-0.39, 0.29) is 5.92 Å². The number of aliphatic carboxylic acids is 1. The largest absolute Gasteiger partial charge is 0.478 e. The molecule has 0 saturated heterocycles. The van der Waals surface area contributed by atoms with Gasteiger partial charge in [-0.05, 0) is 5.56 Å². The Balaban J connectivity index is 1.79. The third-order valence-corrected chi connectivity index (χ3v) is 2.76. The van der Waals surface area contributed by atoms with Crippen LogP contribution in [0.3, 0.4) is 0 Å². The van der Waals surface area contributed by atoms with Crippen LogP contribution in [0.15, 0.2) is 53.7 Å². The quantitative estimate of drug-likeness (QED) is 0.822. The molecular formula is C15H16N2O2. The van der Waals surface area contributed by atoms with Gasteiger partial charge in [-0.2, -0.15) is 5.10 Å². The lowest BCUT2D eigenvalue weighted by molar-refractivity contribution is -0.131. The van der Waals surface area contributed by atoms with Gasteiger partial charge in [0.25, 0.3) is 0 Å². The van der Waals surface area contributed by atoms with Gasteiger partial charge in [-0.1, -0.05) is 48.6 Å². The van der Waals surface area contributed by atoms with Crippen molar-refractivity contribution in [3.05, 3.63) is 54.1 Å². The summed E-state index contributed by atoms with van der Waals surface area (Å²) in [5, 5.41) is 14.7. The second-order valence-electron chi connectivity index (χ2n) is 4.31. The van der Waals surface area contributed by atoms with Gasteiger partial charge >= 0.3 is 5.97 Å². The zero-order valence-electron chi connectivity index (χ0n) is 10.5. The minimum atomic E-state index is -0.921. The van der Waals surface area contributed by atoms with E-state index in [1.807, 2.05) is 35.3 Å². The Labute approximate surface area is 112 Å². The molecule has 1 aromatic rings. The van der Waals surface area contributed by atoms with E-state index in [0.717, 1.165) is 18.7 Å². The van der Waals surface area contributed by atoms with Gasteiger partial charge in [0.1, 0.15) is 0 Å². The molecule has 1 aliphatic heterocycles. The fourth-order valence-electron chi connectivity index (χ4n) is 1.83. The smallest absolute Gasteiger partial charge is 0.327 e. The van der Waals surface area contributed by atoms with Gasteiger partial charge in [0.15, 0.2) is 0 Å². The number of benzene rings is 1. The molecule has 1 aliphatic rings. The van der Waals surface area contributed by atoms with Crippen LogP contribution in [0, 0.1) is 5.92 Å². The van der Waals surface area contributed by atoms with Gasteiger partial charge in [-0.3, -0.25) is 5.01 Å². The molecule has 0 aliphatic carbocycles. The second-order valence-corrected chi connectivity index (χ2v) is 4.31. The Morgan fingerprint density at radius 3 is 2.95 bits per heavy atom. The highest BCUT2D eigenvalue weighted by Crippen LogP contribution is 2.09. The van der Waals surface area contributed by atoms with Crippen LogP contribution in [0.2, 0.25) is 0 Å². The summed E-state index contributed by atoms with van der Waals surface area (Å²) < 4.78 is 0. The number of carbonyl (C=O) groups is 1. The minimum Gasteiger partial charge on any atom is -0.478 e. The van der Waals surface area contributed by atoms with Crippen molar-refractivity contribution in [2.24, 2.45) is 11.0 Å². The van der Waals surface area contributed by atoms with Crippen LogP contribution in [0.4, 0.5) is 0 Å². The maximum Gasteiger partial charge on any atom is 0.327 e. The summed E-state index contributed by atoms with van der Waals surface area (Å²) in [6, 6.07) is 10.1. The number of carboxylic acid groups (broad SMARTS) is 1. The summed E-state index contributed by atoms with van der Waals surface area (Å²) >= 11 is 0. The predicted molar refractivity (Wildman–Crippen MR) is 75.8 cm³/mol. The molecule has 2 rings (SSSR count). The van der Waals surface area contributed by atoms with E-state index in [9.17, 15) is 4.79 Å². The van der Waals surface area contributed by atoms with Gasteiger partial charge in [-0.25, -0.2) is 4.79 Å². The van der Waals surface area contributed by atoms with Crippen molar-refractivity contribution < 1.29 is 9.90 Å². The normalized spacial score (nSPS) is 18.7. The molecule has 1 N–H and O–H groups in total. The zero-order valence-corrected chi connectivity index (χ0v) is 10.5. The van der Waals surface area contributed by atoms with Crippen molar-refractivity contribution in [3.63, 3.8) is 0 Å². The number of rotatable bonds is 5. The molecule has 0 radical (unpaired) electrons. The van der Waals surface area contributed by atoms with Crippen molar-refractivity contribution in [3.8, 4) is 0 Å². The summed E-state index contributed by atoms with van der Waals surface area (Å²) in [6.45, 7) is 1.45. The van der Waals surface area contributed by atoms with Gasteiger partial charge < -0.3 is 5.11 Å². The second kappa shape index (κ2) is 6.54. The number of carboxylic acids is 1. The Hall–Kier alpha value is -2.36. The maximum atomic E-state index is 10.4. The van der Waals surface area contributed by atoms with Crippen molar-refractivity contribution >= 4 is 18.3 Å². The first-order valence-corrected chi connectivity index (χ1v) is 6.16. The van der Waals surface area contributed by atoms with E-state index >= 15 is 0 Å². The Morgan fingerprint density at radius 1 is 1.42 bits per heavy atom. The first kappa shape index (κ1) is 13.1. The van der Waals surface area contributed by atoms with Crippen molar-refractivity contribution in [1.82, 2.24) is 5.01 Å². The number of nitrogens with zero attached hydrogens (tertiary/aromatic N) is 2. The molecule has 1 unspecified atom stereocenters. The summed E-state index contributed by atoms with van der Waals surface area (Å²) in [5.41, 5.74) is 1.16. The van der Waals surface area contributed by atoms with Crippen molar-refractivity contribution in [2.75, 3.05) is 13.1 Å². The number of hydrazone groups is 1.